The van der Waals surface area contributed by atoms with Gasteiger partial charge in [-0.2, -0.15) is 0 Å². The highest BCUT2D eigenvalue weighted by molar-refractivity contribution is 5.66. The third kappa shape index (κ3) is 14.9. The summed E-state index contributed by atoms with van der Waals surface area (Å²) >= 11 is 0. The molecule has 0 rings (SSSR count). The highest BCUT2D eigenvalue weighted by Crippen LogP contribution is 2.05. The quantitative estimate of drug-likeness (QED) is 0.220. The fourth-order valence-corrected chi connectivity index (χ4v) is 1.66. The van der Waals surface area contributed by atoms with Crippen molar-refractivity contribution in [2.45, 2.75) is 71.6 Å². The van der Waals surface area contributed by atoms with E-state index in [-0.39, 0.29) is 5.97 Å². The van der Waals surface area contributed by atoms with E-state index in [1.54, 1.807) is 0 Å². The number of ether oxygens (including phenoxy) is 1. The van der Waals surface area contributed by atoms with Crippen LogP contribution in [0.5, 0.6) is 0 Å². The van der Waals surface area contributed by atoms with E-state index < -0.39 is 0 Å². The minimum atomic E-state index is -0.253. The predicted molar refractivity (Wildman–Crippen MR) is 77.3 cm³/mol. The standard InChI is InChI=1S/C16H28O2/c1-3-4-5-6-7-8-9-10-11-12-13-14-15-18-16(2)17/h8-9,14-15H,3-7,10-13H2,1-2H3. The minimum absolute atomic E-state index is 0.253. The summed E-state index contributed by atoms with van der Waals surface area (Å²) in [6.07, 6.45) is 19.1. The Hall–Kier alpha value is -1.05. The van der Waals surface area contributed by atoms with Gasteiger partial charge in [0.1, 0.15) is 0 Å². The third-order valence-corrected chi connectivity index (χ3v) is 2.71. The number of esters is 1. The van der Waals surface area contributed by atoms with Gasteiger partial charge in [-0.05, 0) is 44.6 Å². The molecule has 0 amide bonds. The van der Waals surface area contributed by atoms with Crippen LogP contribution >= 0.6 is 0 Å². The third-order valence-electron chi connectivity index (χ3n) is 2.71. The molecule has 0 heterocycles. The largest absolute Gasteiger partial charge is 0.435 e. The Balaban J connectivity index is 3.17. The summed E-state index contributed by atoms with van der Waals surface area (Å²) in [5.41, 5.74) is 0. The second-order valence-corrected chi connectivity index (χ2v) is 4.59. The first kappa shape index (κ1) is 16.9. The Morgan fingerprint density at radius 1 is 0.889 bits per heavy atom. The van der Waals surface area contributed by atoms with Crippen molar-refractivity contribution in [3.63, 3.8) is 0 Å². The summed E-state index contributed by atoms with van der Waals surface area (Å²) in [6, 6.07) is 0. The van der Waals surface area contributed by atoms with Crippen molar-refractivity contribution in [1.82, 2.24) is 0 Å². The first-order valence-electron chi connectivity index (χ1n) is 7.24. The van der Waals surface area contributed by atoms with Crippen molar-refractivity contribution in [3.8, 4) is 0 Å². The van der Waals surface area contributed by atoms with Crippen LogP contribution in [0.3, 0.4) is 0 Å². The van der Waals surface area contributed by atoms with Crippen molar-refractivity contribution < 1.29 is 9.53 Å². The summed E-state index contributed by atoms with van der Waals surface area (Å²) in [6.45, 7) is 3.65. The minimum Gasteiger partial charge on any atom is -0.435 e. The molecule has 0 atom stereocenters. The van der Waals surface area contributed by atoms with Crippen LogP contribution in [0.15, 0.2) is 24.5 Å². The normalized spacial score (nSPS) is 11.4. The maximum Gasteiger partial charge on any atom is 0.307 e. The molecular formula is C16H28O2. The predicted octanol–water partition coefficient (Wildman–Crippen LogP) is 5.15. The lowest BCUT2D eigenvalue weighted by Gasteiger charge is -1.95. The number of carbonyl (C=O) groups excluding carboxylic acids is 1. The first-order valence-corrected chi connectivity index (χ1v) is 7.24. The van der Waals surface area contributed by atoms with Crippen LogP contribution in [-0.4, -0.2) is 5.97 Å². The van der Waals surface area contributed by atoms with E-state index in [2.05, 4.69) is 19.1 Å². The molecule has 0 spiro atoms. The van der Waals surface area contributed by atoms with E-state index in [4.69, 9.17) is 4.74 Å². The Morgan fingerprint density at radius 2 is 1.44 bits per heavy atom. The van der Waals surface area contributed by atoms with Crippen molar-refractivity contribution >= 4 is 5.97 Å². The van der Waals surface area contributed by atoms with Gasteiger partial charge in [-0.25, -0.2) is 0 Å². The van der Waals surface area contributed by atoms with Gasteiger partial charge in [0.15, 0.2) is 0 Å². The van der Waals surface area contributed by atoms with Crippen LogP contribution in [0.25, 0.3) is 0 Å². The van der Waals surface area contributed by atoms with Gasteiger partial charge in [-0.15, -0.1) is 0 Å². The van der Waals surface area contributed by atoms with Crippen LogP contribution in [-0.2, 0) is 9.53 Å². The molecule has 0 aromatic heterocycles. The highest BCUT2D eigenvalue weighted by Gasteiger charge is 1.87. The molecule has 0 saturated carbocycles. The Kier molecular flexibility index (Phi) is 13.2. The smallest absolute Gasteiger partial charge is 0.307 e. The zero-order valence-corrected chi connectivity index (χ0v) is 12.0. The molecule has 0 unspecified atom stereocenters. The van der Waals surface area contributed by atoms with Crippen LogP contribution in [0.1, 0.15) is 71.6 Å². The van der Waals surface area contributed by atoms with E-state index in [1.165, 1.54) is 51.7 Å². The number of carbonyl (C=O) groups is 1. The van der Waals surface area contributed by atoms with Crippen LogP contribution in [0, 0.1) is 0 Å². The number of rotatable bonds is 11. The van der Waals surface area contributed by atoms with Crippen LogP contribution in [0.2, 0.25) is 0 Å². The van der Waals surface area contributed by atoms with Gasteiger partial charge in [0.25, 0.3) is 0 Å². The lowest BCUT2D eigenvalue weighted by molar-refractivity contribution is -0.135. The lowest BCUT2D eigenvalue weighted by Crippen LogP contribution is -1.89. The SMILES string of the molecule is CCCCCCC=CCCCCC=COC(C)=O. The molecule has 0 aliphatic carbocycles. The fraction of sp³-hybridized carbons (Fsp3) is 0.688. The van der Waals surface area contributed by atoms with E-state index in [1.807, 2.05) is 6.08 Å². The number of allylic oxidation sites excluding steroid dienone is 3. The van der Waals surface area contributed by atoms with Gasteiger partial charge in [-0.3, -0.25) is 4.79 Å². The van der Waals surface area contributed by atoms with Crippen molar-refractivity contribution in [2.24, 2.45) is 0 Å². The van der Waals surface area contributed by atoms with E-state index >= 15 is 0 Å². The second kappa shape index (κ2) is 14.0. The Morgan fingerprint density at radius 3 is 2.00 bits per heavy atom. The molecule has 18 heavy (non-hydrogen) atoms. The zero-order chi connectivity index (χ0) is 13.5. The molecule has 104 valence electrons. The molecule has 0 bridgehead atoms. The summed E-state index contributed by atoms with van der Waals surface area (Å²) in [4.78, 5) is 10.5. The summed E-state index contributed by atoms with van der Waals surface area (Å²) in [5.74, 6) is -0.253. The molecule has 0 fully saturated rings. The van der Waals surface area contributed by atoms with Gasteiger partial charge < -0.3 is 4.74 Å². The zero-order valence-electron chi connectivity index (χ0n) is 12.0. The van der Waals surface area contributed by atoms with E-state index in [9.17, 15) is 4.79 Å². The lowest BCUT2D eigenvalue weighted by atomic mass is 10.1. The molecule has 0 aromatic carbocycles. The van der Waals surface area contributed by atoms with Gasteiger partial charge in [0.05, 0.1) is 6.26 Å². The van der Waals surface area contributed by atoms with Crippen molar-refractivity contribution in [2.75, 3.05) is 0 Å². The maximum atomic E-state index is 10.5. The molecule has 2 nitrogen and oxygen atoms in total. The fourth-order valence-electron chi connectivity index (χ4n) is 1.66. The molecule has 2 heteroatoms. The van der Waals surface area contributed by atoms with Gasteiger partial charge in [0.2, 0.25) is 0 Å². The van der Waals surface area contributed by atoms with Gasteiger partial charge in [0, 0.05) is 6.92 Å². The maximum absolute atomic E-state index is 10.5. The first-order chi connectivity index (χ1) is 8.77. The second-order valence-electron chi connectivity index (χ2n) is 4.59. The van der Waals surface area contributed by atoms with E-state index in [0.29, 0.717) is 0 Å². The molecule has 0 N–H and O–H groups in total. The van der Waals surface area contributed by atoms with Crippen molar-refractivity contribution in [1.29, 1.82) is 0 Å². The van der Waals surface area contributed by atoms with Crippen LogP contribution < -0.4 is 0 Å². The summed E-state index contributed by atoms with van der Waals surface area (Å²) < 4.78 is 4.70. The monoisotopic (exact) mass is 252 g/mol. The molecule has 0 saturated heterocycles. The van der Waals surface area contributed by atoms with E-state index in [0.717, 1.165) is 19.3 Å². The van der Waals surface area contributed by atoms with Gasteiger partial charge in [-0.1, -0.05) is 38.3 Å². The topological polar surface area (TPSA) is 26.3 Å². The average Bonchev–Trinajstić information content (AvgIpc) is 2.34. The molecule has 0 aromatic rings. The number of unbranched alkanes of at least 4 members (excludes halogenated alkanes) is 7. The average molecular weight is 252 g/mol. The highest BCUT2D eigenvalue weighted by atomic mass is 16.5. The Labute approximate surface area is 112 Å². The van der Waals surface area contributed by atoms with Crippen LogP contribution in [0.4, 0.5) is 0 Å². The Bertz CT molecular complexity index is 241. The molecule has 0 radical (unpaired) electrons. The van der Waals surface area contributed by atoms with Crippen molar-refractivity contribution in [3.05, 3.63) is 24.5 Å². The number of hydrogen-bond acceptors (Lipinski definition) is 2. The molecule has 0 aliphatic rings. The summed E-state index contributed by atoms with van der Waals surface area (Å²) in [5, 5.41) is 0. The summed E-state index contributed by atoms with van der Waals surface area (Å²) in [7, 11) is 0. The number of hydrogen-bond donors (Lipinski definition) is 0. The van der Waals surface area contributed by atoms with Gasteiger partial charge >= 0.3 is 5.97 Å². The molecule has 0 aliphatic heterocycles. The molecular weight excluding hydrogens is 224 g/mol.